The topological polar surface area (TPSA) is 127 Å². The SMILES string of the molecule is COc1cc(N2CCC(COc3cc(C(CC(=O)O)C4CC4)ccn3)CC2)c(C(=O)Nc2nc(C)cc(C)c2CC(C)(C)C)cn1. The molecule has 1 atom stereocenters. The lowest BCUT2D eigenvalue weighted by molar-refractivity contribution is -0.137. The smallest absolute Gasteiger partial charge is 0.303 e. The maximum atomic E-state index is 13.8. The number of aromatic nitrogens is 3. The Kier molecular flexibility index (Phi) is 10.1. The number of piperidine rings is 1. The van der Waals surface area contributed by atoms with Gasteiger partial charge in [0.25, 0.3) is 5.91 Å². The van der Waals surface area contributed by atoms with Gasteiger partial charge in [-0.1, -0.05) is 20.8 Å². The van der Waals surface area contributed by atoms with E-state index in [-0.39, 0.29) is 23.7 Å². The van der Waals surface area contributed by atoms with Crippen LogP contribution in [-0.4, -0.2) is 58.7 Å². The maximum absolute atomic E-state index is 13.8. The zero-order valence-electron chi connectivity index (χ0n) is 27.9. The average Bonchev–Trinajstić information content (AvgIpc) is 3.85. The third-order valence-electron chi connectivity index (χ3n) is 8.92. The van der Waals surface area contributed by atoms with Gasteiger partial charge in [0.05, 0.1) is 31.4 Å². The molecule has 0 aromatic carbocycles. The van der Waals surface area contributed by atoms with Crippen LogP contribution < -0.4 is 19.7 Å². The van der Waals surface area contributed by atoms with Crippen LogP contribution in [0, 0.1) is 31.1 Å². The van der Waals surface area contributed by atoms with Crippen LogP contribution in [0.4, 0.5) is 11.5 Å². The van der Waals surface area contributed by atoms with Crippen molar-refractivity contribution in [2.75, 3.05) is 37.0 Å². The minimum Gasteiger partial charge on any atom is -0.481 e. The summed E-state index contributed by atoms with van der Waals surface area (Å²) in [5.74, 6) is 1.32. The fourth-order valence-corrected chi connectivity index (χ4v) is 6.39. The molecule has 246 valence electrons. The Bertz CT molecular complexity index is 1560. The molecule has 46 heavy (non-hydrogen) atoms. The number of nitrogens with zero attached hydrogens (tertiary/aromatic N) is 4. The van der Waals surface area contributed by atoms with Gasteiger partial charge in [-0.15, -0.1) is 0 Å². The van der Waals surface area contributed by atoms with Crippen LogP contribution >= 0.6 is 0 Å². The summed E-state index contributed by atoms with van der Waals surface area (Å²) in [6.45, 7) is 12.6. The Labute approximate surface area is 272 Å². The van der Waals surface area contributed by atoms with E-state index in [0.717, 1.165) is 73.3 Å². The summed E-state index contributed by atoms with van der Waals surface area (Å²) in [4.78, 5) is 40.9. The van der Waals surface area contributed by atoms with E-state index in [1.165, 1.54) is 0 Å². The van der Waals surface area contributed by atoms with Crippen LogP contribution in [0.5, 0.6) is 11.8 Å². The molecule has 5 rings (SSSR count). The first-order valence-corrected chi connectivity index (χ1v) is 16.3. The molecule has 4 heterocycles. The zero-order chi connectivity index (χ0) is 33.0. The molecule has 10 heteroatoms. The molecule has 1 saturated carbocycles. The van der Waals surface area contributed by atoms with Crippen LogP contribution in [0.15, 0.2) is 36.7 Å². The number of methoxy groups -OCH3 is 1. The van der Waals surface area contributed by atoms with Crippen molar-refractivity contribution in [1.82, 2.24) is 15.0 Å². The Balaban J connectivity index is 1.25. The van der Waals surface area contributed by atoms with Crippen molar-refractivity contribution in [1.29, 1.82) is 0 Å². The molecule has 0 bridgehead atoms. The first kappa shape index (κ1) is 33.2. The molecule has 2 fully saturated rings. The summed E-state index contributed by atoms with van der Waals surface area (Å²) in [6, 6.07) is 7.71. The molecule has 2 aliphatic rings. The average molecular weight is 630 g/mol. The Morgan fingerprint density at radius 1 is 1.07 bits per heavy atom. The maximum Gasteiger partial charge on any atom is 0.303 e. The number of carboxylic acid groups (broad SMARTS) is 1. The van der Waals surface area contributed by atoms with Gasteiger partial charge in [0.15, 0.2) is 0 Å². The molecule has 1 saturated heterocycles. The standard InChI is InChI=1S/C36H47N5O5/c1-22-15-23(2)39-34(28(22)19-36(3,4)5)40-35(44)29-20-38-31(45-6)18-30(29)41-13-10-24(11-14-41)21-46-32-16-26(9-12-37-32)27(17-33(42)43)25-7-8-25/h9,12,15-16,18,20,24-25,27H,7-8,10-11,13-14,17,19,21H2,1-6H3,(H,42,43)(H,39,40,44). The number of rotatable bonds is 12. The number of amides is 1. The van der Waals surface area contributed by atoms with E-state index < -0.39 is 5.97 Å². The van der Waals surface area contributed by atoms with Crippen LogP contribution in [0.1, 0.15) is 91.5 Å². The van der Waals surface area contributed by atoms with Gasteiger partial charge >= 0.3 is 5.97 Å². The van der Waals surface area contributed by atoms with Gasteiger partial charge in [-0.3, -0.25) is 9.59 Å². The first-order valence-electron chi connectivity index (χ1n) is 16.3. The van der Waals surface area contributed by atoms with Crippen molar-refractivity contribution in [3.63, 3.8) is 0 Å². The summed E-state index contributed by atoms with van der Waals surface area (Å²) >= 11 is 0. The quantitative estimate of drug-likeness (QED) is 0.228. The molecule has 3 aromatic heterocycles. The molecule has 2 N–H and O–H groups in total. The van der Waals surface area contributed by atoms with Gasteiger partial charge in [-0.05, 0) is 97.9 Å². The van der Waals surface area contributed by atoms with Crippen molar-refractivity contribution >= 4 is 23.4 Å². The highest BCUT2D eigenvalue weighted by Crippen LogP contribution is 2.45. The second-order valence-corrected chi connectivity index (χ2v) is 14.1. The number of hydrogen-bond acceptors (Lipinski definition) is 8. The van der Waals surface area contributed by atoms with Crippen molar-refractivity contribution in [2.24, 2.45) is 17.3 Å². The summed E-state index contributed by atoms with van der Waals surface area (Å²) < 4.78 is 11.6. The Morgan fingerprint density at radius 2 is 1.80 bits per heavy atom. The van der Waals surface area contributed by atoms with E-state index in [2.05, 4.69) is 53.9 Å². The molecule has 10 nitrogen and oxygen atoms in total. The van der Waals surface area contributed by atoms with Crippen molar-refractivity contribution < 1.29 is 24.2 Å². The van der Waals surface area contributed by atoms with Gasteiger partial charge in [-0.25, -0.2) is 15.0 Å². The van der Waals surface area contributed by atoms with Crippen LogP contribution in [-0.2, 0) is 11.2 Å². The minimum absolute atomic E-state index is 0.00522. The third-order valence-corrected chi connectivity index (χ3v) is 8.92. The second-order valence-electron chi connectivity index (χ2n) is 14.1. The van der Waals surface area contributed by atoms with Gasteiger partial charge in [0.1, 0.15) is 5.82 Å². The number of anilines is 2. The zero-order valence-corrected chi connectivity index (χ0v) is 27.9. The number of ether oxygens (including phenoxy) is 2. The molecule has 1 amide bonds. The highest BCUT2D eigenvalue weighted by Gasteiger charge is 2.34. The minimum atomic E-state index is -0.775. The molecular weight excluding hydrogens is 582 g/mol. The molecule has 3 aromatic rings. The summed E-state index contributed by atoms with van der Waals surface area (Å²) in [5, 5.41) is 12.5. The number of aliphatic carboxylic acids is 1. The number of carboxylic acids is 1. The Morgan fingerprint density at radius 3 is 2.46 bits per heavy atom. The normalized spacial score (nSPS) is 16.2. The molecule has 0 radical (unpaired) electrons. The lowest BCUT2D eigenvalue weighted by Gasteiger charge is -2.34. The lowest BCUT2D eigenvalue weighted by atomic mass is 9.86. The van der Waals surface area contributed by atoms with Crippen molar-refractivity contribution in [2.45, 2.75) is 79.1 Å². The van der Waals surface area contributed by atoms with Gasteiger partial charge < -0.3 is 24.8 Å². The lowest BCUT2D eigenvalue weighted by Crippen LogP contribution is -2.37. The van der Waals surface area contributed by atoms with E-state index in [1.807, 2.05) is 25.1 Å². The fourth-order valence-electron chi connectivity index (χ4n) is 6.39. The highest BCUT2D eigenvalue weighted by molar-refractivity contribution is 6.08. The van der Waals surface area contributed by atoms with Gasteiger partial charge in [0, 0.05) is 43.3 Å². The van der Waals surface area contributed by atoms with Gasteiger partial charge in [-0.2, -0.15) is 0 Å². The summed E-state index contributed by atoms with van der Waals surface area (Å²) in [6.07, 6.45) is 8.12. The molecule has 0 spiro atoms. The molecule has 1 aliphatic carbocycles. The Hall–Kier alpha value is -4.21. The molecular formula is C36H47N5O5. The third kappa shape index (κ3) is 8.53. The monoisotopic (exact) mass is 629 g/mol. The van der Waals surface area contributed by atoms with E-state index in [9.17, 15) is 14.7 Å². The van der Waals surface area contributed by atoms with E-state index in [1.54, 1.807) is 19.5 Å². The summed E-state index contributed by atoms with van der Waals surface area (Å²) in [7, 11) is 1.57. The van der Waals surface area contributed by atoms with Crippen LogP contribution in [0.25, 0.3) is 0 Å². The number of nitrogens with one attached hydrogen (secondary N) is 1. The van der Waals surface area contributed by atoms with E-state index in [0.29, 0.717) is 41.6 Å². The van der Waals surface area contributed by atoms with Crippen molar-refractivity contribution in [3.8, 4) is 11.8 Å². The van der Waals surface area contributed by atoms with Crippen LogP contribution in [0.3, 0.4) is 0 Å². The fraction of sp³-hybridized carbons (Fsp3) is 0.528. The second kappa shape index (κ2) is 14.1. The number of pyridine rings is 3. The van der Waals surface area contributed by atoms with Gasteiger partial charge in [0.2, 0.25) is 11.8 Å². The number of carbonyl (C=O) groups is 2. The summed E-state index contributed by atoms with van der Waals surface area (Å²) in [5.41, 5.74) is 5.28. The first-order chi connectivity index (χ1) is 21.9. The number of aryl methyl sites for hydroxylation is 2. The number of hydrogen-bond donors (Lipinski definition) is 2. The highest BCUT2D eigenvalue weighted by atomic mass is 16.5. The van der Waals surface area contributed by atoms with E-state index >= 15 is 0 Å². The van der Waals surface area contributed by atoms with E-state index in [4.69, 9.17) is 14.5 Å². The predicted octanol–water partition coefficient (Wildman–Crippen LogP) is 6.60. The number of carbonyl (C=O) groups excluding carboxylic acids is 1. The molecule has 1 unspecified atom stereocenters. The van der Waals surface area contributed by atoms with Crippen molar-refractivity contribution in [3.05, 3.63) is 64.6 Å². The van der Waals surface area contributed by atoms with Crippen LogP contribution in [0.2, 0.25) is 0 Å². The predicted molar refractivity (Wildman–Crippen MR) is 178 cm³/mol. The largest absolute Gasteiger partial charge is 0.481 e. The molecule has 1 aliphatic heterocycles.